The highest BCUT2D eigenvalue weighted by Gasteiger charge is 2.15. The van der Waals surface area contributed by atoms with Crippen molar-refractivity contribution in [2.45, 2.75) is 18.4 Å². The van der Waals surface area contributed by atoms with E-state index >= 15 is 0 Å². The Morgan fingerprint density at radius 1 is 1.37 bits per heavy atom. The molecule has 0 aliphatic carbocycles. The summed E-state index contributed by atoms with van der Waals surface area (Å²) in [4.78, 5) is 7.87. The van der Waals surface area contributed by atoms with Crippen LogP contribution in [0.2, 0.25) is 0 Å². The lowest BCUT2D eigenvalue weighted by molar-refractivity contribution is 0.409. The second-order valence-corrected chi connectivity index (χ2v) is 5.35. The number of hydrogen-bond donors (Lipinski definition) is 2. The summed E-state index contributed by atoms with van der Waals surface area (Å²) in [7, 11) is -3.63. The zero-order valence-corrected chi connectivity index (χ0v) is 11.0. The van der Waals surface area contributed by atoms with Gasteiger partial charge in [-0.1, -0.05) is 5.16 Å². The quantitative estimate of drug-likeness (QED) is 0.788. The summed E-state index contributed by atoms with van der Waals surface area (Å²) in [6, 6.07) is 2.88. The highest BCUT2D eigenvalue weighted by Crippen LogP contribution is 2.12. The summed E-state index contributed by atoms with van der Waals surface area (Å²) >= 11 is 0. The minimum atomic E-state index is -3.63. The molecule has 2 heterocycles. The SMILES string of the molecule is CCNc1cc(S(=O)(=O)NCc2ncon2)ccn1. The fourth-order valence-electron chi connectivity index (χ4n) is 1.37. The van der Waals surface area contributed by atoms with E-state index in [-0.39, 0.29) is 17.3 Å². The maximum atomic E-state index is 12.0. The van der Waals surface area contributed by atoms with Gasteiger partial charge in [-0.25, -0.2) is 18.1 Å². The van der Waals surface area contributed by atoms with Crippen molar-refractivity contribution in [2.24, 2.45) is 0 Å². The third-order valence-corrected chi connectivity index (χ3v) is 3.63. The summed E-state index contributed by atoms with van der Waals surface area (Å²) in [5, 5.41) is 6.47. The van der Waals surface area contributed by atoms with Gasteiger partial charge in [0.05, 0.1) is 11.4 Å². The fraction of sp³-hybridized carbons (Fsp3) is 0.300. The van der Waals surface area contributed by atoms with Crippen LogP contribution in [0.4, 0.5) is 5.82 Å². The first-order chi connectivity index (χ1) is 9.12. The predicted octanol–water partition coefficient (Wildman–Crippen LogP) is 0.375. The van der Waals surface area contributed by atoms with E-state index in [1.807, 2.05) is 6.92 Å². The molecule has 0 saturated carbocycles. The molecule has 0 amide bonds. The Balaban J connectivity index is 2.12. The number of sulfonamides is 1. The molecule has 0 spiro atoms. The van der Waals surface area contributed by atoms with Gasteiger partial charge in [0.2, 0.25) is 16.4 Å². The van der Waals surface area contributed by atoms with Gasteiger partial charge in [0.1, 0.15) is 5.82 Å². The summed E-state index contributed by atoms with van der Waals surface area (Å²) in [6.07, 6.45) is 2.57. The molecule has 0 unspecified atom stereocenters. The molecule has 0 bridgehead atoms. The molecule has 2 N–H and O–H groups in total. The van der Waals surface area contributed by atoms with Gasteiger partial charge in [0.15, 0.2) is 5.82 Å². The molecule has 0 aliphatic rings. The molecule has 0 saturated heterocycles. The minimum Gasteiger partial charge on any atom is -0.370 e. The first-order valence-electron chi connectivity index (χ1n) is 5.56. The van der Waals surface area contributed by atoms with Gasteiger partial charge in [-0.2, -0.15) is 4.98 Å². The number of pyridine rings is 1. The van der Waals surface area contributed by atoms with Crippen molar-refractivity contribution in [1.82, 2.24) is 19.8 Å². The van der Waals surface area contributed by atoms with E-state index < -0.39 is 10.0 Å². The lowest BCUT2D eigenvalue weighted by atomic mass is 10.4. The summed E-state index contributed by atoms with van der Waals surface area (Å²) in [6.45, 7) is 2.53. The second kappa shape index (κ2) is 5.76. The average molecular weight is 283 g/mol. The zero-order chi connectivity index (χ0) is 13.7. The molecular formula is C10H13N5O3S. The van der Waals surface area contributed by atoms with Crippen molar-refractivity contribution < 1.29 is 12.9 Å². The Hall–Kier alpha value is -2.00. The van der Waals surface area contributed by atoms with Gasteiger partial charge < -0.3 is 9.84 Å². The van der Waals surface area contributed by atoms with E-state index in [0.29, 0.717) is 12.4 Å². The first kappa shape index (κ1) is 13.4. The number of hydrogen-bond acceptors (Lipinski definition) is 7. The summed E-state index contributed by atoms with van der Waals surface area (Å²) in [5.74, 6) is 0.773. The topological polar surface area (TPSA) is 110 Å². The molecule has 2 rings (SSSR count). The number of nitrogens with one attached hydrogen (secondary N) is 2. The van der Waals surface area contributed by atoms with E-state index in [9.17, 15) is 8.42 Å². The molecule has 9 heteroatoms. The third kappa shape index (κ3) is 3.48. The van der Waals surface area contributed by atoms with Gasteiger partial charge >= 0.3 is 0 Å². The second-order valence-electron chi connectivity index (χ2n) is 3.58. The highest BCUT2D eigenvalue weighted by atomic mass is 32.2. The molecule has 2 aromatic heterocycles. The standard InChI is InChI=1S/C10H13N5O3S/c1-2-11-9-5-8(3-4-12-9)19(16,17)14-6-10-13-7-18-15-10/h3-5,7,14H,2,6H2,1H3,(H,11,12). The summed E-state index contributed by atoms with van der Waals surface area (Å²) < 4.78 is 31.0. The van der Waals surface area contributed by atoms with Crippen LogP contribution in [0.1, 0.15) is 12.7 Å². The van der Waals surface area contributed by atoms with Crippen LogP contribution in [0, 0.1) is 0 Å². The maximum absolute atomic E-state index is 12.0. The molecule has 0 aromatic carbocycles. The average Bonchev–Trinajstić information content (AvgIpc) is 2.90. The monoisotopic (exact) mass is 283 g/mol. The third-order valence-electron chi connectivity index (χ3n) is 2.23. The van der Waals surface area contributed by atoms with Crippen LogP contribution < -0.4 is 10.0 Å². The lowest BCUT2D eigenvalue weighted by Gasteiger charge is -2.07. The maximum Gasteiger partial charge on any atom is 0.241 e. The van der Waals surface area contributed by atoms with Crippen LogP contribution >= 0.6 is 0 Å². The van der Waals surface area contributed by atoms with Crippen LogP contribution in [0.15, 0.2) is 34.1 Å². The number of aromatic nitrogens is 3. The van der Waals surface area contributed by atoms with Crippen LogP contribution in [-0.2, 0) is 16.6 Å². The van der Waals surface area contributed by atoms with Crippen molar-refractivity contribution in [3.63, 3.8) is 0 Å². The summed E-state index contributed by atoms with van der Waals surface area (Å²) in [5.41, 5.74) is 0. The van der Waals surface area contributed by atoms with Crippen molar-refractivity contribution in [3.8, 4) is 0 Å². The zero-order valence-electron chi connectivity index (χ0n) is 10.2. The van der Waals surface area contributed by atoms with Crippen LogP contribution in [-0.4, -0.2) is 30.1 Å². The van der Waals surface area contributed by atoms with Gasteiger partial charge in [-0.15, -0.1) is 0 Å². The molecule has 2 aromatic rings. The molecular weight excluding hydrogens is 270 g/mol. The Morgan fingerprint density at radius 2 is 2.21 bits per heavy atom. The van der Waals surface area contributed by atoms with E-state index in [1.54, 1.807) is 0 Å². The molecule has 0 radical (unpaired) electrons. The molecule has 0 aliphatic heterocycles. The number of anilines is 1. The molecule has 0 fully saturated rings. The fourth-order valence-corrected chi connectivity index (χ4v) is 2.36. The van der Waals surface area contributed by atoms with Crippen molar-refractivity contribution in [1.29, 1.82) is 0 Å². The highest BCUT2D eigenvalue weighted by molar-refractivity contribution is 7.89. The number of rotatable bonds is 6. The van der Waals surface area contributed by atoms with Crippen LogP contribution in [0.5, 0.6) is 0 Å². The van der Waals surface area contributed by atoms with Gasteiger partial charge in [0, 0.05) is 18.8 Å². The van der Waals surface area contributed by atoms with Crippen LogP contribution in [0.25, 0.3) is 0 Å². The predicted molar refractivity (Wildman–Crippen MR) is 66.7 cm³/mol. The van der Waals surface area contributed by atoms with Crippen molar-refractivity contribution in [3.05, 3.63) is 30.5 Å². The van der Waals surface area contributed by atoms with Gasteiger partial charge in [-0.05, 0) is 13.0 Å². The van der Waals surface area contributed by atoms with Gasteiger partial charge in [0.25, 0.3) is 0 Å². The van der Waals surface area contributed by atoms with Crippen molar-refractivity contribution in [2.75, 3.05) is 11.9 Å². The molecule has 0 atom stereocenters. The largest absolute Gasteiger partial charge is 0.370 e. The minimum absolute atomic E-state index is 0.0301. The Morgan fingerprint density at radius 3 is 2.89 bits per heavy atom. The van der Waals surface area contributed by atoms with Crippen LogP contribution in [0.3, 0.4) is 0 Å². The normalized spacial score (nSPS) is 11.4. The van der Waals surface area contributed by atoms with Crippen molar-refractivity contribution >= 4 is 15.8 Å². The Kier molecular flexibility index (Phi) is 4.07. The van der Waals surface area contributed by atoms with E-state index in [0.717, 1.165) is 6.39 Å². The van der Waals surface area contributed by atoms with E-state index in [4.69, 9.17) is 0 Å². The molecule has 8 nitrogen and oxygen atoms in total. The van der Waals surface area contributed by atoms with Gasteiger partial charge in [-0.3, -0.25) is 0 Å². The molecule has 102 valence electrons. The lowest BCUT2D eigenvalue weighted by Crippen LogP contribution is -2.24. The van der Waals surface area contributed by atoms with E-state index in [1.165, 1.54) is 18.3 Å². The number of nitrogens with zero attached hydrogens (tertiary/aromatic N) is 3. The first-order valence-corrected chi connectivity index (χ1v) is 7.05. The smallest absolute Gasteiger partial charge is 0.241 e. The Bertz CT molecular complexity index is 626. The van der Waals surface area contributed by atoms with E-state index in [2.05, 4.69) is 29.7 Å². The Labute approximate surface area is 110 Å². The molecule has 19 heavy (non-hydrogen) atoms.